The van der Waals surface area contributed by atoms with Gasteiger partial charge in [-0.2, -0.15) is 0 Å². The van der Waals surface area contributed by atoms with Crippen LogP contribution in [-0.2, 0) is 0 Å². The molecule has 0 amide bonds. The molecular weight excluding hydrogens is 134 g/mol. The van der Waals surface area contributed by atoms with Crippen molar-refractivity contribution in [3.63, 3.8) is 0 Å². The van der Waals surface area contributed by atoms with Crippen molar-refractivity contribution in [2.24, 2.45) is 17.1 Å². The number of hydrogen-bond acceptors (Lipinski definition) is 1. The van der Waals surface area contributed by atoms with Crippen LogP contribution < -0.4 is 5.73 Å². The average molecular weight is 155 g/mol. The first-order valence-electron chi connectivity index (χ1n) is 4.23. The van der Waals surface area contributed by atoms with E-state index in [4.69, 9.17) is 5.73 Å². The van der Waals surface area contributed by atoms with E-state index in [9.17, 15) is 0 Å². The Kier molecular flexibility index (Phi) is 3.15. The lowest BCUT2D eigenvalue weighted by Crippen LogP contribution is -2.16. The zero-order valence-electron chi connectivity index (χ0n) is 8.65. The van der Waals surface area contributed by atoms with E-state index in [1.165, 1.54) is 5.57 Å². The van der Waals surface area contributed by atoms with Gasteiger partial charge in [-0.05, 0) is 23.8 Å². The molecule has 0 aliphatic carbocycles. The molecule has 0 aliphatic heterocycles. The van der Waals surface area contributed by atoms with E-state index in [-0.39, 0.29) is 5.41 Å². The van der Waals surface area contributed by atoms with Crippen molar-refractivity contribution in [3.8, 4) is 0 Å². The van der Waals surface area contributed by atoms with Crippen LogP contribution in [0.3, 0.4) is 0 Å². The summed E-state index contributed by atoms with van der Waals surface area (Å²) in [7, 11) is 0. The highest BCUT2D eigenvalue weighted by Gasteiger charge is 2.16. The second kappa shape index (κ2) is 3.29. The molecule has 0 fully saturated rings. The van der Waals surface area contributed by atoms with Gasteiger partial charge in [0.25, 0.3) is 0 Å². The molecule has 0 unspecified atom stereocenters. The normalized spacial score (nSPS) is 15.2. The molecule has 0 atom stereocenters. The van der Waals surface area contributed by atoms with Gasteiger partial charge in [-0.3, -0.25) is 0 Å². The van der Waals surface area contributed by atoms with Crippen LogP contribution in [0.25, 0.3) is 0 Å². The topological polar surface area (TPSA) is 26.0 Å². The van der Waals surface area contributed by atoms with Crippen LogP contribution in [0.5, 0.6) is 0 Å². The summed E-state index contributed by atoms with van der Waals surface area (Å²) in [5.74, 6) is 0.467. The summed E-state index contributed by atoms with van der Waals surface area (Å²) in [5.41, 5.74) is 8.49. The molecule has 0 saturated heterocycles. The zero-order chi connectivity index (χ0) is 9.23. The zero-order valence-corrected chi connectivity index (χ0v) is 8.65. The number of nitrogens with two attached hydrogens (primary N) is 1. The van der Waals surface area contributed by atoms with Crippen molar-refractivity contribution >= 4 is 0 Å². The minimum absolute atomic E-state index is 0.217. The molecule has 66 valence electrons. The Morgan fingerprint density at radius 3 is 1.64 bits per heavy atom. The van der Waals surface area contributed by atoms with Gasteiger partial charge in [0.2, 0.25) is 0 Å². The van der Waals surface area contributed by atoms with Gasteiger partial charge in [-0.15, -0.1) is 0 Å². The fourth-order valence-electron chi connectivity index (χ4n) is 0.866. The van der Waals surface area contributed by atoms with Crippen molar-refractivity contribution < 1.29 is 0 Å². The maximum Gasteiger partial charge on any atom is 0.0101 e. The Bertz CT molecular complexity index is 158. The van der Waals surface area contributed by atoms with E-state index >= 15 is 0 Å². The molecule has 0 spiro atoms. The third kappa shape index (κ3) is 2.96. The summed E-state index contributed by atoms with van der Waals surface area (Å²) in [4.78, 5) is 0. The molecular formula is C10H21N. The highest BCUT2D eigenvalue weighted by Crippen LogP contribution is 2.27. The molecule has 0 aromatic heterocycles. The van der Waals surface area contributed by atoms with Crippen LogP contribution in [0.2, 0.25) is 0 Å². The summed E-state index contributed by atoms with van der Waals surface area (Å²) < 4.78 is 0. The second-order valence-corrected chi connectivity index (χ2v) is 4.49. The van der Waals surface area contributed by atoms with Crippen molar-refractivity contribution in [1.29, 1.82) is 0 Å². The van der Waals surface area contributed by atoms with Gasteiger partial charge in [0, 0.05) is 5.70 Å². The first-order chi connectivity index (χ1) is 4.76. The lowest BCUT2D eigenvalue weighted by molar-refractivity contribution is 0.488. The Balaban J connectivity index is 4.67. The Labute approximate surface area is 70.7 Å². The second-order valence-electron chi connectivity index (χ2n) is 4.49. The van der Waals surface area contributed by atoms with E-state index in [1.54, 1.807) is 0 Å². The van der Waals surface area contributed by atoms with Crippen molar-refractivity contribution in [2.45, 2.75) is 41.5 Å². The third-order valence-corrected chi connectivity index (χ3v) is 2.18. The van der Waals surface area contributed by atoms with E-state index in [1.807, 2.05) is 0 Å². The van der Waals surface area contributed by atoms with Gasteiger partial charge in [-0.1, -0.05) is 34.6 Å². The number of hydrogen-bond donors (Lipinski definition) is 1. The fourth-order valence-corrected chi connectivity index (χ4v) is 0.866. The van der Waals surface area contributed by atoms with E-state index in [0.717, 1.165) is 5.70 Å². The van der Waals surface area contributed by atoms with Crippen LogP contribution in [-0.4, -0.2) is 0 Å². The van der Waals surface area contributed by atoms with Crippen LogP contribution in [0.1, 0.15) is 41.5 Å². The molecule has 0 rings (SSSR count). The Hall–Kier alpha value is -0.460. The molecule has 0 aromatic carbocycles. The number of rotatable bonds is 1. The molecule has 0 heterocycles. The molecule has 0 radical (unpaired) electrons. The monoisotopic (exact) mass is 155 g/mol. The predicted molar refractivity (Wildman–Crippen MR) is 51.2 cm³/mol. The minimum Gasteiger partial charge on any atom is -0.402 e. The highest BCUT2D eigenvalue weighted by atomic mass is 14.6. The largest absolute Gasteiger partial charge is 0.402 e. The molecule has 0 aliphatic rings. The first kappa shape index (κ1) is 10.5. The van der Waals surface area contributed by atoms with Crippen LogP contribution in [0.4, 0.5) is 0 Å². The quantitative estimate of drug-likeness (QED) is 0.619. The van der Waals surface area contributed by atoms with E-state index < -0.39 is 0 Å². The van der Waals surface area contributed by atoms with Crippen LogP contribution in [0, 0.1) is 11.3 Å². The molecule has 0 saturated carbocycles. The summed E-state index contributed by atoms with van der Waals surface area (Å²) >= 11 is 0. The van der Waals surface area contributed by atoms with Gasteiger partial charge < -0.3 is 5.73 Å². The lowest BCUT2D eigenvalue weighted by atomic mass is 9.84. The lowest BCUT2D eigenvalue weighted by Gasteiger charge is -2.23. The van der Waals surface area contributed by atoms with Gasteiger partial charge in [-0.25, -0.2) is 0 Å². The summed E-state index contributed by atoms with van der Waals surface area (Å²) in [6, 6.07) is 0. The fraction of sp³-hybridized carbons (Fsp3) is 0.800. The SMILES string of the molecule is C/C(=C(\N)C(C)C)C(C)(C)C. The van der Waals surface area contributed by atoms with Crippen LogP contribution in [0.15, 0.2) is 11.3 Å². The van der Waals surface area contributed by atoms with Gasteiger partial charge in [0.05, 0.1) is 0 Å². The predicted octanol–water partition coefficient (Wildman–Crippen LogP) is 2.92. The third-order valence-electron chi connectivity index (χ3n) is 2.18. The summed E-state index contributed by atoms with van der Waals surface area (Å²) in [5, 5.41) is 0. The molecule has 1 nitrogen and oxygen atoms in total. The summed E-state index contributed by atoms with van der Waals surface area (Å²) in [6.07, 6.45) is 0. The Morgan fingerprint density at radius 1 is 1.18 bits per heavy atom. The maximum absolute atomic E-state index is 5.93. The molecule has 11 heavy (non-hydrogen) atoms. The molecule has 0 aromatic rings. The van der Waals surface area contributed by atoms with Crippen molar-refractivity contribution in [2.75, 3.05) is 0 Å². The van der Waals surface area contributed by atoms with Gasteiger partial charge in [0.1, 0.15) is 0 Å². The maximum atomic E-state index is 5.93. The van der Waals surface area contributed by atoms with Crippen LogP contribution >= 0.6 is 0 Å². The van der Waals surface area contributed by atoms with Crippen molar-refractivity contribution in [3.05, 3.63) is 11.3 Å². The van der Waals surface area contributed by atoms with Crippen molar-refractivity contribution in [1.82, 2.24) is 0 Å². The highest BCUT2D eigenvalue weighted by molar-refractivity contribution is 5.16. The van der Waals surface area contributed by atoms with E-state index in [0.29, 0.717) is 5.92 Å². The first-order valence-corrected chi connectivity index (χ1v) is 4.23. The minimum atomic E-state index is 0.217. The Morgan fingerprint density at radius 2 is 1.55 bits per heavy atom. The summed E-state index contributed by atoms with van der Waals surface area (Å²) in [6.45, 7) is 13.0. The number of allylic oxidation sites excluding steroid dienone is 2. The standard InChI is InChI=1S/C10H21N/c1-7(2)9(11)8(3)10(4,5)6/h7H,11H2,1-6H3/b9-8+. The molecule has 0 bridgehead atoms. The molecule has 2 N–H and O–H groups in total. The van der Waals surface area contributed by atoms with Gasteiger partial charge in [0.15, 0.2) is 0 Å². The molecule has 1 heteroatoms. The average Bonchev–Trinajstić information content (AvgIpc) is 1.82. The van der Waals surface area contributed by atoms with Gasteiger partial charge >= 0.3 is 0 Å². The smallest absolute Gasteiger partial charge is 0.0101 e. The van der Waals surface area contributed by atoms with E-state index in [2.05, 4.69) is 41.5 Å².